The molecule has 2 N–H and O–H groups in total. The van der Waals surface area contributed by atoms with E-state index in [1.165, 1.54) is 12.1 Å². The Morgan fingerprint density at radius 1 is 1.26 bits per heavy atom. The molecule has 0 aliphatic rings. The normalized spacial score (nSPS) is 14.3. The van der Waals surface area contributed by atoms with Crippen molar-refractivity contribution in [3.8, 4) is 0 Å². The number of hydrogen-bond donors (Lipinski definition) is 1. The molecule has 2 aromatic rings. The van der Waals surface area contributed by atoms with E-state index in [4.69, 9.17) is 5.73 Å². The minimum absolute atomic E-state index is 0.0907. The highest BCUT2D eigenvalue weighted by molar-refractivity contribution is 5.76. The number of nitrogens with two attached hydrogens (primary N) is 1. The van der Waals surface area contributed by atoms with E-state index < -0.39 is 0 Å². The van der Waals surface area contributed by atoms with Crippen molar-refractivity contribution in [3.63, 3.8) is 0 Å². The van der Waals surface area contributed by atoms with Crippen LogP contribution < -0.4 is 5.73 Å². The number of rotatable bonds is 2. The van der Waals surface area contributed by atoms with Crippen molar-refractivity contribution < 1.29 is 4.39 Å². The smallest absolute Gasteiger partial charge is 0.127 e. The third kappa shape index (κ3) is 2.50. The molecule has 1 aromatic carbocycles. The van der Waals surface area contributed by atoms with Gasteiger partial charge in [-0.05, 0) is 37.5 Å². The Kier molecular flexibility index (Phi) is 3.39. The number of imidazole rings is 1. The maximum absolute atomic E-state index is 13.5. The summed E-state index contributed by atoms with van der Waals surface area (Å²) >= 11 is 0. The van der Waals surface area contributed by atoms with E-state index in [9.17, 15) is 4.39 Å². The van der Waals surface area contributed by atoms with Gasteiger partial charge in [-0.2, -0.15) is 0 Å². The molecular formula is C15H22FN3. The van der Waals surface area contributed by atoms with Gasteiger partial charge in [0.25, 0.3) is 0 Å². The molecule has 0 fully saturated rings. The largest absolute Gasteiger partial charge is 0.324 e. The number of aromatic nitrogens is 2. The van der Waals surface area contributed by atoms with Gasteiger partial charge in [-0.3, -0.25) is 0 Å². The van der Waals surface area contributed by atoms with E-state index in [2.05, 4.69) is 39.6 Å². The lowest BCUT2D eigenvalue weighted by Crippen LogP contribution is -2.29. The molecule has 0 bridgehead atoms. The molecule has 104 valence electrons. The monoisotopic (exact) mass is 263 g/mol. The molecule has 19 heavy (non-hydrogen) atoms. The molecule has 0 amide bonds. The second-order valence-corrected chi connectivity index (χ2v) is 6.41. The van der Waals surface area contributed by atoms with Crippen molar-refractivity contribution in [2.75, 3.05) is 0 Å². The van der Waals surface area contributed by atoms with Crippen molar-refractivity contribution in [2.24, 2.45) is 11.1 Å². The maximum Gasteiger partial charge on any atom is 0.127 e. The Labute approximate surface area is 113 Å². The molecule has 2 rings (SSSR count). The van der Waals surface area contributed by atoms with Gasteiger partial charge >= 0.3 is 0 Å². The van der Waals surface area contributed by atoms with Crippen molar-refractivity contribution in [3.05, 3.63) is 29.8 Å². The topological polar surface area (TPSA) is 43.8 Å². The lowest BCUT2D eigenvalue weighted by atomic mass is 9.87. The standard InChI is InChI=1S/C15H22FN3/c1-9(2)19-12-8-10(16)6-7-11(12)18-14(19)13(17)15(3,4)5/h6-9,13H,17H2,1-5H3. The minimum atomic E-state index is -0.245. The Balaban J connectivity index is 2.70. The van der Waals surface area contributed by atoms with E-state index in [-0.39, 0.29) is 23.3 Å². The lowest BCUT2D eigenvalue weighted by Gasteiger charge is -2.28. The number of benzene rings is 1. The highest BCUT2D eigenvalue weighted by atomic mass is 19.1. The van der Waals surface area contributed by atoms with Crippen LogP contribution in [0.2, 0.25) is 0 Å². The Morgan fingerprint density at radius 3 is 2.42 bits per heavy atom. The van der Waals surface area contributed by atoms with Gasteiger partial charge in [0.15, 0.2) is 0 Å². The molecule has 0 saturated carbocycles. The van der Waals surface area contributed by atoms with Gasteiger partial charge < -0.3 is 10.3 Å². The van der Waals surface area contributed by atoms with E-state index in [1.54, 1.807) is 6.07 Å². The fourth-order valence-corrected chi connectivity index (χ4v) is 2.23. The summed E-state index contributed by atoms with van der Waals surface area (Å²) in [6.07, 6.45) is 0. The molecule has 0 spiro atoms. The van der Waals surface area contributed by atoms with Crippen molar-refractivity contribution in [1.82, 2.24) is 9.55 Å². The van der Waals surface area contributed by atoms with Gasteiger partial charge in [0.2, 0.25) is 0 Å². The van der Waals surface area contributed by atoms with Crippen LogP contribution in [0.4, 0.5) is 4.39 Å². The van der Waals surface area contributed by atoms with Gasteiger partial charge in [0, 0.05) is 6.04 Å². The number of hydrogen-bond acceptors (Lipinski definition) is 2. The van der Waals surface area contributed by atoms with Gasteiger partial charge in [0.05, 0.1) is 17.1 Å². The average molecular weight is 263 g/mol. The summed E-state index contributed by atoms with van der Waals surface area (Å²) < 4.78 is 15.5. The Hall–Kier alpha value is -1.42. The first-order valence-corrected chi connectivity index (χ1v) is 6.65. The van der Waals surface area contributed by atoms with Crippen LogP contribution in [0.25, 0.3) is 11.0 Å². The number of halogens is 1. The summed E-state index contributed by atoms with van der Waals surface area (Å²) in [6, 6.07) is 4.68. The van der Waals surface area contributed by atoms with E-state index >= 15 is 0 Å². The third-order valence-corrected chi connectivity index (χ3v) is 3.41. The van der Waals surface area contributed by atoms with Crippen LogP contribution in [0.15, 0.2) is 18.2 Å². The molecule has 0 aliphatic heterocycles. The van der Waals surface area contributed by atoms with E-state index in [0.29, 0.717) is 0 Å². The van der Waals surface area contributed by atoms with Crippen LogP contribution in [0, 0.1) is 11.2 Å². The average Bonchev–Trinajstić information content (AvgIpc) is 2.64. The summed E-state index contributed by atoms with van der Waals surface area (Å²) in [5.74, 6) is 0.577. The SMILES string of the molecule is CC(C)n1c(C(N)C(C)(C)C)nc2ccc(F)cc21. The van der Waals surface area contributed by atoms with Crippen molar-refractivity contribution >= 4 is 11.0 Å². The summed E-state index contributed by atoms with van der Waals surface area (Å²) in [5, 5.41) is 0. The Morgan fingerprint density at radius 2 is 1.89 bits per heavy atom. The van der Waals surface area contributed by atoms with E-state index in [0.717, 1.165) is 16.9 Å². The quantitative estimate of drug-likeness (QED) is 0.895. The van der Waals surface area contributed by atoms with Gasteiger partial charge in [-0.15, -0.1) is 0 Å². The van der Waals surface area contributed by atoms with Crippen LogP contribution in [-0.4, -0.2) is 9.55 Å². The maximum atomic E-state index is 13.5. The molecule has 0 radical (unpaired) electrons. The highest BCUT2D eigenvalue weighted by Gasteiger charge is 2.28. The van der Waals surface area contributed by atoms with E-state index in [1.807, 2.05) is 4.57 Å². The summed E-state index contributed by atoms with van der Waals surface area (Å²) in [4.78, 5) is 4.61. The Bertz CT molecular complexity index is 593. The van der Waals surface area contributed by atoms with Crippen LogP contribution in [0.5, 0.6) is 0 Å². The van der Waals surface area contributed by atoms with Crippen molar-refractivity contribution in [1.29, 1.82) is 0 Å². The lowest BCUT2D eigenvalue weighted by molar-refractivity contribution is 0.305. The molecule has 1 heterocycles. The van der Waals surface area contributed by atoms with Crippen LogP contribution >= 0.6 is 0 Å². The molecule has 0 saturated heterocycles. The zero-order valence-electron chi connectivity index (χ0n) is 12.2. The molecular weight excluding hydrogens is 241 g/mol. The van der Waals surface area contributed by atoms with Crippen molar-refractivity contribution in [2.45, 2.75) is 46.7 Å². The second-order valence-electron chi connectivity index (χ2n) is 6.41. The summed E-state index contributed by atoms with van der Waals surface area (Å²) in [5.41, 5.74) is 7.85. The second kappa shape index (κ2) is 4.60. The first-order valence-electron chi connectivity index (χ1n) is 6.65. The molecule has 4 heteroatoms. The van der Waals surface area contributed by atoms with Crippen LogP contribution in [0.1, 0.15) is 52.5 Å². The number of fused-ring (bicyclic) bond motifs is 1. The summed E-state index contributed by atoms with van der Waals surface area (Å²) in [6.45, 7) is 10.4. The zero-order valence-corrected chi connectivity index (χ0v) is 12.2. The minimum Gasteiger partial charge on any atom is -0.324 e. The van der Waals surface area contributed by atoms with Gasteiger partial charge in [-0.25, -0.2) is 9.37 Å². The third-order valence-electron chi connectivity index (χ3n) is 3.41. The first kappa shape index (κ1) is 14.0. The van der Waals surface area contributed by atoms with Gasteiger partial charge in [-0.1, -0.05) is 20.8 Å². The summed E-state index contributed by atoms with van der Waals surface area (Å²) in [7, 11) is 0. The predicted molar refractivity (Wildman–Crippen MR) is 76.5 cm³/mol. The number of nitrogens with zero attached hydrogens (tertiary/aromatic N) is 2. The predicted octanol–water partition coefficient (Wildman–Crippen LogP) is 3.80. The molecule has 1 unspecified atom stereocenters. The first-order chi connectivity index (χ1) is 8.71. The van der Waals surface area contributed by atoms with Gasteiger partial charge in [0.1, 0.15) is 11.6 Å². The molecule has 1 atom stereocenters. The highest BCUT2D eigenvalue weighted by Crippen LogP contribution is 2.33. The molecule has 0 aliphatic carbocycles. The van der Waals surface area contributed by atoms with Crippen LogP contribution in [0.3, 0.4) is 0 Å². The molecule has 1 aromatic heterocycles. The van der Waals surface area contributed by atoms with Crippen LogP contribution in [-0.2, 0) is 0 Å². The zero-order chi connectivity index (χ0) is 14.4. The molecule has 3 nitrogen and oxygen atoms in total. The fourth-order valence-electron chi connectivity index (χ4n) is 2.23. The fraction of sp³-hybridized carbons (Fsp3) is 0.533.